The molecule has 2 aromatic heterocycles. The SMILES string of the molecule is Cc1cccc(CN(C)C(=O)c2cccnc2N)n1. The molecule has 0 aliphatic carbocycles. The van der Waals surface area contributed by atoms with Crippen LogP contribution < -0.4 is 5.73 Å². The zero-order valence-electron chi connectivity index (χ0n) is 11.0. The molecule has 0 radical (unpaired) electrons. The molecule has 2 N–H and O–H groups in total. The van der Waals surface area contributed by atoms with E-state index < -0.39 is 0 Å². The Labute approximate surface area is 112 Å². The van der Waals surface area contributed by atoms with Gasteiger partial charge >= 0.3 is 0 Å². The fraction of sp³-hybridized carbons (Fsp3) is 0.214. The average Bonchev–Trinajstić information content (AvgIpc) is 2.38. The first-order valence-electron chi connectivity index (χ1n) is 5.96. The Balaban J connectivity index is 2.14. The lowest BCUT2D eigenvalue weighted by molar-refractivity contribution is 0.0784. The molecule has 0 saturated heterocycles. The van der Waals surface area contributed by atoms with Crippen molar-refractivity contribution in [3.05, 3.63) is 53.5 Å². The van der Waals surface area contributed by atoms with Crippen molar-refractivity contribution in [1.82, 2.24) is 14.9 Å². The Kier molecular flexibility index (Phi) is 3.75. The quantitative estimate of drug-likeness (QED) is 0.906. The van der Waals surface area contributed by atoms with E-state index in [-0.39, 0.29) is 11.7 Å². The summed E-state index contributed by atoms with van der Waals surface area (Å²) in [6.07, 6.45) is 1.56. The van der Waals surface area contributed by atoms with Crippen molar-refractivity contribution in [2.24, 2.45) is 0 Å². The molecule has 0 bridgehead atoms. The summed E-state index contributed by atoms with van der Waals surface area (Å²) < 4.78 is 0. The Morgan fingerprint density at radius 2 is 2.11 bits per heavy atom. The molecule has 2 rings (SSSR count). The van der Waals surface area contributed by atoms with E-state index in [0.717, 1.165) is 11.4 Å². The Morgan fingerprint density at radius 3 is 2.79 bits per heavy atom. The lowest BCUT2D eigenvalue weighted by Gasteiger charge is -2.17. The summed E-state index contributed by atoms with van der Waals surface area (Å²) in [7, 11) is 1.72. The summed E-state index contributed by atoms with van der Waals surface area (Å²) >= 11 is 0. The van der Waals surface area contributed by atoms with Crippen molar-refractivity contribution in [3.63, 3.8) is 0 Å². The van der Waals surface area contributed by atoms with Crippen molar-refractivity contribution >= 4 is 11.7 Å². The van der Waals surface area contributed by atoms with Crippen molar-refractivity contribution in [1.29, 1.82) is 0 Å². The first kappa shape index (κ1) is 13.0. The number of nitrogens with two attached hydrogens (primary N) is 1. The van der Waals surface area contributed by atoms with Crippen molar-refractivity contribution in [2.45, 2.75) is 13.5 Å². The third-order valence-electron chi connectivity index (χ3n) is 2.76. The lowest BCUT2D eigenvalue weighted by Crippen LogP contribution is -2.27. The molecule has 0 atom stereocenters. The van der Waals surface area contributed by atoms with E-state index in [1.54, 1.807) is 30.3 Å². The van der Waals surface area contributed by atoms with Crippen molar-refractivity contribution < 1.29 is 4.79 Å². The lowest BCUT2D eigenvalue weighted by atomic mass is 10.2. The van der Waals surface area contributed by atoms with Gasteiger partial charge < -0.3 is 10.6 Å². The number of hydrogen-bond acceptors (Lipinski definition) is 4. The largest absolute Gasteiger partial charge is 0.383 e. The van der Waals surface area contributed by atoms with Gasteiger partial charge in [0.25, 0.3) is 5.91 Å². The van der Waals surface area contributed by atoms with Crippen LogP contribution in [0.4, 0.5) is 5.82 Å². The van der Waals surface area contributed by atoms with Crippen LogP contribution in [0.25, 0.3) is 0 Å². The minimum Gasteiger partial charge on any atom is -0.383 e. The number of aromatic nitrogens is 2. The Hall–Kier alpha value is -2.43. The van der Waals surface area contributed by atoms with E-state index >= 15 is 0 Å². The molecule has 0 spiro atoms. The van der Waals surface area contributed by atoms with Crippen LogP contribution >= 0.6 is 0 Å². The molecule has 1 amide bonds. The van der Waals surface area contributed by atoms with Crippen LogP contribution in [0.3, 0.4) is 0 Å². The highest BCUT2D eigenvalue weighted by Gasteiger charge is 2.15. The maximum Gasteiger partial charge on any atom is 0.257 e. The number of hydrogen-bond donors (Lipinski definition) is 1. The first-order valence-corrected chi connectivity index (χ1v) is 5.96. The highest BCUT2D eigenvalue weighted by molar-refractivity contribution is 5.98. The van der Waals surface area contributed by atoms with Crippen molar-refractivity contribution in [2.75, 3.05) is 12.8 Å². The molecule has 0 fully saturated rings. The van der Waals surface area contributed by atoms with E-state index in [9.17, 15) is 4.79 Å². The van der Waals surface area contributed by atoms with E-state index in [0.29, 0.717) is 12.1 Å². The summed E-state index contributed by atoms with van der Waals surface area (Å²) in [4.78, 5) is 22.1. The second kappa shape index (κ2) is 5.48. The fourth-order valence-electron chi connectivity index (χ4n) is 1.81. The van der Waals surface area contributed by atoms with E-state index in [4.69, 9.17) is 5.73 Å². The molecule has 0 aliphatic heterocycles. The smallest absolute Gasteiger partial charge is 0.257 e. The summed E-state index contributed by atoms with van der Waals surface area (Å²) in [6, 6.07) is 9.11. The molecule has 0 saturated carbocycles. The molecule has 0 aromatic carbocycles. The highest BCUT2D eigenvalue weighted by Crippen LogP contribution is 2.11. The molecule has 19 heavy (non-hydrogen) atoms. The topological polar surface area (TPSA) is 72.1 Å². The second-order valence-corrected chi connectivity index (χ2v) is 4.37. The number of carbonyl (C=O) groups is 1. The Bertz CT molecular complexity index is 598. The summed E-state index contributed by atoms with van der Waals surface area (Å²) in [5, 5.41) is 0. The minimum atomic E-state index is -0.158. The minimum absolute atomic E-state index is 0.158. The maximum atomic E-state index is 12.2. The number of anilines is 1. The molecule has 98 valence electrons. The maximum absolute atomic E-state index is 12.2. The Morgan fingerprint density at radius 1 is 1.32 bits per heavy atom. The zero-order valence-corrected chi connectivity index (χ0v) is 11.0. The molecular formula is C14H16N4O. The summed E-state index contributed by atoms with van der Waals surface area (Å²) in [5.74, 6) is 0.0884. The van der Waals surface area contributed by atoms with Gasteiger partial charge in [-0.25, -0.2) is 4.98 Å². The van der Waals surface area contributed by atoms with E-state index in [2.05, 4.69) is 9.97 Å². The highest BCUT2D eigenvalue weighted by atomic mass is 16.2. The van der Waals surface area contributed by atoms with Crippen molar-refractivity contribution in [3.8, 4) is 0 Å². The van der Waals surface area contributed by atoms with Crippen LogP contribution in [0, 0.1) is 6.92 Å². The first-order chi connectivity index (χ1) is 9.08. The molecule has 5 nitrogen and oxygen atoms in total. The van der Waals surface area contributed by atoms with Gasteiger partial charge in [-0.05, 0) is 31.2 Å². The predicted molar refractivity (Wildman–Crippen MR) is 73.4 cm³/mol. The number of carbonyl (C=O) groups excluding carboxylic acids is 1. The van der Waals surface area contributed by atoms with Gasteiger partial charge in [0.05, 0.1) is 17.8 Å². The van der Waals surface area contributed by atoms with Crippen LogP contribution in [0.15, 0.2) is 36.5 Å². The molecule has 0 unspecified atom stereocenters. The van der Waals surface area contributed by atoms with E-state index in [1.807, 2.05) is 25.1 Å². The average molecular weight is 256 g/mol. The summed E-state index contributed by atoms with van der Waals surface area (Å²) in [5.41, 5.74) is 7.89. The van der Waals surface area contributed by atoms with Gasteiger partial charge in [0.15, 0.2) is 0 Å². The zero-order chi connectivity index (χ0) is 13.8. The standard InChI is InChI=1S/C14H16N4O/c1-10-5-3-6-11(17-10)9-18(2)14(19)12-7-4-8-16-13(12)15/h3-8H,9H2,1-2H3,(H2,15,16). The number of rotatable bonds is 3. The van der Waals surface area contributed by atoms with Gasteiger partial charge in [-0.3, -0.25) is 9.78 Å². The molecular weight excluding hydrogens is 240 g/mol. The monoisotopic (exact) mass is 256 g/mol. The number of nitrogens with zero attached hydrogens (tertiary/aromatic N) is 3. The van der Waals surface area contributed by atoms with Crippen LogP contribution in [0.2, 0.25) is 0 Å². The van der Waals surface area contributed by atoms with Gasteiger partial charge in [0.2, 0.25) is 0 Å². The number of pyridine rings is 2. The molecule has 5 heteroatoms. The van der Waals surface area contributed by atoms with Gasteiger partial charge in [0, 0.05) is 18.9 Å². The van der Waals surface area contributed by atoms with Crippen LogP contribution in [0.1, 0.15) is 21.7 Å². The second-order valence-electron chi connectivity index (χ2n) is 4.37. The van der Waals surface area contributed by atoms with Gasteiger partial charge in [-0.1, -0.05) is 6.07 Å². The van der Waals surface area contributed by atoms with Crippen LogP contribution in [0.5, 0.6) is 0 Å². The third kappa shape index (κ3) is 3.07. The van der Waals surface area contributed by atoms with Gasteiger partial charge in [-0.15, -0.1) is 0 Å². The number of aryl methyl sites for hydroxylation is 1. The van der Waals surface area contributed by atoms with Gasteiger partial charge in [-0.2, -0.15) is 0 Å². The third-order valence-corrected chi connectivity index (χ3v) is 2.76. The number of nitrogen functional groups attached to an aromatic ring is 1. The van der Waals surface area contributed by atoms with Crippen LogP contribution in [-0.4, -0.2) is 27.8 Å². The molecule has 2 aromatic rings. The molecule has 2 heterocycles. The van der Waals surface area contributed by atoms with Crippen LogP contribution in [-0.2, 0) is 6.54 Å². The predicted octanol–water partition coefficient (Wildman–Crippen LogP) is 1.64. The fourth-order valence-corrected chi connectivity index (χ4v) is 1.81. The van der Waals surface area contributed by atoms with E-state index in [1.165, 1.54) is 0 Å². The number of amides is 1. The van der Waals surface area contributed by atoms with Gasteiger partial charge in [0.1, 0.15) is 5.82 Å². The normalized spacial score (nSPS) is 10.2. The summed E-state index contributed by atoms with van der Waals surface area (Å²) in [6.45, 7) is 2.36. The molecule has 0 aliphatic rings.